The van der Waals surface area contributed by atoms with Crippen molar-refractivity contribution in [2.75, 3.05) is 5.73 Å². The molecule has 0 aliphatic heterocycles. The number of nitrogen functional groups attached to an aromatic ring is 1. The van der Waals surface area contributed by atoms with Crippen LogP contribution in [0.1, 0.15) is 38.4 Å². The maximum atomic E-state index is 5.83. The molecule has 0 atom stereocenters. The number of nitrogens with zero attached hydrogens (tertiary/aromatic N) is 4. The first kappa shape index (κ1) is 13.1. The summed E-state index contributed by atoms with van der Waals surface area (Å²) in [4.78, 5) is 0.837. The third-order valence-electron chi connectivity index (χ3n) is 3.50. The minimum absolute atomic E-state index is 0.404. The topological polar surface area (TPSA) is 69.1 Å². The third-order valence-corrected chi connectivity index (χ3v) is 4.45. The van der Waals surface area contributed by atoms with Crippen LogP contribution in [0, 0.1) is 0 Å². The van der Waals surface area contributed by atoms with E-state index in [4.69, 9.17) is 5.73 Å². The number of benzene rings is 1. The summed E-state index contributed by atoms with van der Waals surface area (Å²) in [5, 5.41) is 14.1. The first-order valence-corrected chi connectivity index (χ1v) is 7.62. The van der Waals surface area contributed by atoms with Gasteiger partial charge < -0.3 is 5.73 Å². The van der Waals surface area contributed by atoms with Crippen LogP contribution in [0.25, 0.3) is 15.5 Å². The van der Waals surface area contributed by atoms with Crippen LogP contribution in [0.2, 0.25) is 0 Å². The Balaban J connectivity index is 2.07. The molecule has 0 aliphatic carbocycles. The number of aromatic nitrogens is 4. The molecular formula is C14H17N5S. The molecule has 104 valence electrons. The van der Waals surface area contributed by atoms with E-state index in [0.29, 0.717) is 5.92 Å². The lowest BCUT2D eigenvalue weighted by atomic mass is 10.0. The predicted octanol–water partition coefficient (Wildman–Crippen LogP) is 3.34. The second-order valence-corrected chi connectivity index (χ2v) is 5.75. The monoisotopic (exact) mass is 287 g/mol. The van der Waals surface area contributed by atoms with Crippen molar-refractivity contribution < 1.29 is 0 Å². The quantitative estimate of drug-likeness (QED) is 0.747. The molecule has 0 saturated carbocycles. The zero-order chi connectivity index (χ0) is 14.1. The van der Waals surface area contributed by atoms with Gasteiger partial charge in [-0.05, 0) is 25.0 Å². The molecule has 0 fully saturated rings. The zero-order valence-electron chi connectivity index (χ0n) is 11.6. The van der Waals surface area contributed by atoms with Crippen LogP contribution in [-0.2, 0) is 0 Å². The van der Waals surface area contributed by atoms with Crippen molar-refractivity contribution in [1.82, 2.24) is 19.8 Å². The molecular weight excluding hydrogens is 270 g/mol. The highest BCUT2D eigenvalue weighted by molar-refractivity contribution is 7.19. The maximum absolute atomic E-state index is 5.83. The minimum Gasteiger partial charge on any atom is -0.399 e. The van der Waals surface area contributed by atoms with Crippen molar-refractivity contribution in [2.45, 2.75) is 32.6 Å². The molecule has 3 rings (SSSR count). The van der Waals surface area contributed by atoms with Crippen molar-refractivity contribution in [2.24, 2.45) is 0 Å². The molecule has 0 unspecified atom stereocenters. The van der Waals surface area contributed by atoms with Crippen molar-refractivity contribution in [3.05, 3.63) is 30.1 Å². The Kier molecular flexibility index (Phi) is 3.40. The first-order chi connectivity index (χ1) is 9.72. The second-order valence-electron chi connectivity index (χ2n) is 4.80. The Hall–Kier alpha value is -1.95. The van der Waals surface area contributed by atoms with E-state index >= 15 is 0 Å². The number of fused-ring (bicyclic) bond motifs is 1. The Labute approximate surface area is 121 Å². The molecule has 2 aromatic heterocycles. The van der Waals surface area contributed by atoms with Crippen LogP contribution < -0.4 is 5.73 Å². The van der Waals surface area contributed by atoms with E-state index in [1.165, 1.54) is 0 Å². The second kappa shape index (κ2) is 5.20. The lowest BCUT2D eigenvalue weighted by Gasteiger charge is -2.07. The fourth-order valence-electron chi connectivity index (χ4n) is 2.33. The van der Waals surface area contributed by atoms with Gasteiger partial charge in [-0.3, -0.25) is 0 Å². The standard InChI is InChI=1S/C14H17N5S/c1-3-9(4-2)12-16-17-14-19(12)18-13(20-14)10-6-5-7-11(15)8-10/h5-9H,3-4,15H2,1-2H3. The fraction of sp³-hybridized carbons (Fsp3) is 0.357. The molecule has 2 N–H and O–H groups in total. The fourth-order valence-corrected chi connectivity index (χ4v) is 3.17. The predicted molar refractivity (Wildman–Crippen MR) is 81.8 cm³/mol. The van der Waals surface area contributed by atoms with Gasteiger partial charge >= 0.3 is 0 Å². The molecule has 0 amide bonds. The van der Waals surface area contributed by atoms with Gasteiger partial charge in [0, 0.05) is 17.2 Å². The van der Waals surface area contributed by atoms with Gasteiger partial charge in [0.1, 0.15) is 5.01 Å². The van der Waals surface area contributed by atoms with Crippen LogP contribution in [0.5, 0.6) is 0 Å². The number of hydrogen-bond acceptors (Lipinski definition) is 5. The lowest BCUT2D eigenvalue weighted by molar-refractivity contribution is 0.584. The normalized spacial score (nSPS) is 11.6. The summed E-state index contributed by atoms with van der Waals surface area (Å²) in [7, 11) is 0. The lowest BCUT2D eigenvalue weighted by Crippen LogP contribution is -2.03. The van der Waals surface area contributed by atoms with Crippen LogP contribution in [0.15, 0.2) is 24.3 Å². The van der Waals surface area contributed by atoms with Gasteiger partial charge in [-0.2, -0.15) is 9.61 Å². The van der Waals surface area contributed by atoms with Crippen molar-refractivity contribution in [1.29, 1.82) is 0 Å². The molecule has 6 heteroatoms. The van der Waals surface area contributed by atoms with E-state index in [0.717, 1.165) is 39.9 Å². The van der Waals surface area contributed by atoms with Gasteiger partial charge in [0.25, 0.3) is 0 Å². The van der Waals surface area contributed by atoms with Gasteiger partial charge in [-0.25, -0.2) is 0 Å². The number of nitrogens with two attached hydrogens (primary N) is 1. The van der Waals surface area contributed by atoms with Gasteiger partial charge in [0.15, 0.2) is 5.82 Å². The molecule has 0 bridgehead atoms. The highest BCUT2D eigenvalue weighted by Crippen LogP contribution is 2.29. The summed E-state index contributed by atoms with van der Waals surface area (Å²) in [6, 6.07) is 7.76. The molecule has 5 nitrogen and oxygen atoms in total. The van der Waals surface area contributed by atoms with Crippen molar-refractivity contribution >= 4 is 22.0 Å². The maximum Gasteiger partial charge on any atom is 0.234 e. The molecule has 3 aromatic rings. The molecule has 1 aromatic carbocycles. The number of rotatable bonds is 4. The van der Waals surface area contributed by atoms with E-state index < -0.39 is 0 Å². The Morgan fingerprint density at radius 1 is 1.25 bits per heavy atom. The van der Waals surface area contributed by atoms with Gasteiger partial charge in [-0.1, -0.05) is 37.3 Å². The van der Waals surface area contributed by atoms with E-state index in [1.54, 1.807) is 11.3 Å². The number of anilines is 1. The summed E-state index contributed by atoms with van der Waals surface area (Å²) in [6.07, 6.45) is 2.09. The van der Waals surface area contributed by atoms with Crippen molar-refractivity contribution in [3.8, 4) is 10.6 Å². The summed E-state index contributed by atoms with van der Waals surface area (Å²) < 4.78 is 1.88. The van der Waals surface area contributed by atoms with Crippen LogP contribution in [-0.4, -0.2) is 19.8 Å². The third kappa shape index (κ3) is 2.16. The number of hydrogen-bond donors (Lipinski definition) is 1. The SMILES string of the molecule is CCC(CC)c1nnc2sc(-c3cccc(N)c3)nn12. The highest BCUT2D eigenvalue weighted by Gasteiger charge is 2.18. The van der Waals surface area contributed by atoms with E-state index in [-0.39, 0.29) is 0 Å². The Bertz CT molecular complexity index is 726. The largest absolute Gasteiger partial charge is 0.399 e. The van der Waals surface area contributed by atoms with Crippen molar-refractivity contribution in [3.63, 3.8) is 0 Å². The van der Waals surface area contributed by atoms with Gasteiger partial charge in [0.05, 0.1) is 0 Å². The summed E-state index contributed by atoms with van der Waals surface area (Å²) in [5.74, 6) is 1.36. The molecule has 20 heavy (non-hydrogen) atoms. The van der Waals surface area contributed by atoms with Gasteiger partial charge in [-0.15, -0.1) is 10.2 Å². The average molecular weight is 287 g/mol. The van der Waals surface area contributed by atoms with Crippen LogP contribution in [0.3, 0.4) is 0 Å². The van der Waals surface area contributed by atoms with Gasteiger partial charge in [0.2, 0.25) is 4.96 Å². The van der Waals surface area contributed by atoms with E-state index in [1.807, 2.05) is 28.8 Å². The zero-order valence-corrected chi connectivity index (χ0v) is 12.4. The highest BCUT2D eigenvalue weighted by atomic mass is 32.1. The Morgan fingerprint density at radius 3 is 2.75 bits per heavy atom. The molecule has 0 radical (unpaired) electrons. The smallest absolute Gasteiger partial charge is 0.234 e. The molecule has 0 aliphatic rings. The summed E-state index contributed by atoms with van der Waals surface area (Å²) >= 11 is 1.54. The minimum atomic E-state index is 0.404. The Morgan fingerprint density at radius 2 is 2.05 bits per heavy atom. The summed E-state index contributed by atoms with van der Waals surface area (Å²) in [6.45, 7) is 4.33. The summed E-state index contributed by atoms with van der Waals surface area (Å²) in [5.41, 5.74) is 7.60. The molecule has 0 saturated heterocycles. The average Bonchev–Trinajstić information content (AvgIpc) is 3.02. The first-order valence-electron chi connectivity index (χ1n) is 6.81. The van der Waals surface area contributed by atoms with Crippen LogP contribution in [0.4, 0.5) is 5.69 Å². The van der Waals surface area contributed by atoms with Crippen LogP contribution >= 0.6 is 11.3 Å². The molecule has 2 heterocycles. The van der Waals surface area contributed by atoms with E-state index in [2.05, 4.69) is 29.1 Å². The van der Waals surface area contributed by atoms with E-state index in [9.17, 15) is 0 Å². The molecule has 0 spiro atoms.